The number of rotatable bonds is 3. The van der Waals surface area contributed by atoms with Gasteiger partial charge in [0.05, 0.1) is 12.5 Å². The van der Waals surface area contributed by atoms with Crippen molar-refractivity contribution in [3.8, 4) is 0 Å². The molecule has 0 fully saturated rings. The van der Waals surface area contributed by atoms with E-state index >= 15 is 0 Å². The van der Waals surface area contributed by atoms with Crippen LogP contribution < -0.4 is 17.0 Å². The second kappa shape index (κ2) is 6.01. The van der Waals surface area contributed by atoms with Crippen molar-refractivity contribution in [2.24, 2.45) is 0 Å². The average molecular weight is 354 g/mol. The van der Waals surface area contributed by atoms with Crippen molar-refractivity contribution >= 4 is 0 Å². The summed E-state index contributed by atoms with van der Waals surface area (Å²) in [5.41, 5.74) is 4.91. The highest BCUT2D eigenvalue weighted by molar-refractivity contribution is 5.46. The highest BCUT2D eigenvalue weighted by Gasteiger charge is 2.59. The molecule has 2 aliphatic heterocycles. The maximum absolute atomic E-state index is 6.49. The molecule has 0 spiro atoms. The van der Waals surface area contributed by atoms with E-state index in [1.165, 1.54) is 16.8 Å². The lowest BCUT2D eigenvalue weighted by Gasteiger charge is -2.48. The summed E-state index contributed by atoms with van der Waals surface area (Å²) < 4.78 is 14.3. The fraction of sp³-hybridized carbons (Fsp3) is 0.286. The SMILES string of the molecule is CCOC1(c2ccoc2)CC2c3ccccc3C1c1cccc[n+]12.[Cl-]. The standard InChI is InChI=1S/C21H20NO2.ClH/c1-2-24-21(15-10-12-23-14-15)13-19-16-7-3-4-8-17(16)20(21)18-9-5-6-11-22(18)19;/h3-12,14,19-20H,2,13H2,1H3;1H/q+1;/p-1. The summed E-state index contributed by atoms with van der Waals surface area (Å²) in [5, 5.41) is 0. The Labute approximate surface area is 153 Å². The number of furan rings is 1. The van der Waals surface area contributed by atoms with Gasteiger partial charge in [-0.3, -0.25) is 0 Å². The first-order valence-corrected chi connectivity index (χ1v) is 8.60. The Morgan fingerprint density at radius 1 is 1.12 bits per heavy atom. The number of halogens is 1. The number of benzene rings is 1. The molecule has 0 N–H and O–H groups in total. The summed E-state index contributed by atoms with van der Waals surface area (Å²) in [7, 11) is 0. The van der Waals surface area contributed by atoms with Gasteiger partial charge in [-0.1, -0.05) is 30.3 Å². The van der Waals surface area contributed by atoms with Crippen molar-refractivity contribution in [3.63, 3.8) is 0 Å². The molecule has 1 aliphatic carbocycles. The summed E-state index contributed by atoms with van der Waals surface area (Å²) in [4.78, 5) is 0. The van der Waals surface area contributed by atoms with E-state index in [0.29, 0.717) is 12.6 Å². The Kier molecular flexibility index (Phi) is 3.94. The largest absolute Gasteiger partial charge is 1.00 e. The van der Waals surface area contributed by atoms with Crippen LogP contribution in [0.5, 0.6) is 0 Å². The van der Waals surface area contributed by atoms with Crippen LogP contribution in [0.15, 0.2) is 71.7 Å². The second-order valence-electron chi connectivity index (χ2n) is 6.65. The fourth-order valence-electron chi connectivity index (χ4n) is 4.76. The van der Waals surface area contributed by atoms with Crippen LogP contribution in [-0.2, 0) is 10.3 Å². The van der Waals surface area contributed by atoms with E-state index in [1.807, 2.05) is 6.26 Å². The van der Waals surface area contributed by atoms with E-state index in [2.05, 4.69) is 66.2 Å². The summed E-state index contributed by atoms with van der Waals surface area (Å²) in [6.07, 6.45) is 6.74. The third-order valence-electron chi connectivity index (χ3n) is 5.60. The van der Waals surface area contributed by atoms with Crippen LogP contribution in [0.4, 0.5) is 0 Å². The predicted molar refractivity (Wildman–Crippen MR) is 89.7 cm³/mol. The van der Waals surface area contributed by atoms with Gasteiger partial charge in [0.25, 0.3) is 0 Å². The van der Waals surface area contributed by atoms with Crippen molar-refractivity contribution in [1.82, 2.24) is 0 Å². The first-order valence-electron chi connectivity index (χ1n) is 8.60. The molecule has 4 heteroatoms. The van der Waals surface area contributed by atoms with Crippen molar-refractivity contribution in [1.29, 1.82) is 0 Å². The van der Waals surface area contributed by atoms with Crippen LogP contribution >= 0.6 is 0 Å². The molecule has 25 heavy (non-hydrogen) atoms. The lowest BCUT2D eigenvalue weighted by molar-refractivity contribution is -0.735. The highest BCUT2D eigenvalue weighted by atomic mass is 35.5. The summed E-state index contributed by atoms with van der Waals surface area (Å²) in [6, 6.07) is 17.6. The Hall–Kier alpha value is -2.10. The molecule has 0 amide bonds. The zero-order valence-corrected chi connectivity index (χ0v) is 14.8. The molecular weight excluding hydrogens is 334 g/mol. The van der Waals surface area contributed by atoms with Crippen LogP contribution in [0.3, 0.4) is 0 Å². The van der Waals surface area contributed by atoms with Gasteiger partial charge >= 0.3 is 0 Å². The zero-order valence-electron chi connectivity index (χ0n) is 14.1. The van der Waals surface area contributed by atoms with Gasteiger partial charge in [-0.25, -0.2) is 0 Å². The number of fused-ring (bicyclic) bond motifs is 1. The number of hydrogen-bond acceptors (Lipinski definition) is 2. The molecule has 3 aliphatic rings. The Bertz CT molecular complexity index is 845. The molecule has 4 heterocycles. The van der Waals surface area contributed by atoms with E-state index in [1.54, 1.807) is 6.26 Å². The molecule has 0 radical (unpaired) electrons. The molecule has 0 saturated carbocycles. The lowest BCUT2D eigenvalue weighted by atomic mass is 9.63. The lowest BCUT2D eigenvalue weighted by Crippen LogP contribution is -3.00. The average Bonchev–Trinajstić information content (AvgIpc) is 3.17. The van der Waals surface area contributed by atoms with E-state index in [-0.39, 0.29) is 23.9 Å². The van der Waals surface area contributed by atoms with Crippen molar-refractivity contribution < 1.29 is 26.1 Å². The van der Waals surface area contributed by atoms with E-state index in [9.17, 15) is 0 Å². The van der Waals surface area contributed by atoms with Gasteiger partial charge in [0.1, 0.15) is 11.5 Å². The van der Waals surface area contributed by atoms with Crippen LogP contribution in [-0.4, -0.2) is 6.61 Å². The first-order chi connectivity index (χ1) is 11.8. The van der Waals surface area contributed by atoms with Crippen LogP contribution in [0.2, 0.25) is 0 Å². The molecule has 3 nitrogen and oxygen atoms in total. The normalized spacial score (nSPS) is 25.8. The molecule has 2 bridgehead atoms. The predicted octanol–water partition coefficient (Wildman–Crippen LogP) is 0.942. The molecule has 3 atom stereocenters. The van der Waals surface area contributed by atoms with Crippen LogP contribution in [0, 0.1) is 0 Å². The number of hydrogen-bond donors (Lipinski definition) is 0. The minimum Gasteiger partial charge on any atom is -1.00 e. The molecule has 2 aromatic heterocycles. The molecular formula is C21H20ClNO2. The maximum atomic E-state index is 6.49. The van der Waals surface area contributed by atoms with E-state index in [0.717, 1.165) is 12.0 Å². The van der Waals surface area contributed by atoms with Crippen LogP contribution in [0.25, 0.3) is 0 Å². The highest BCUT2D eigenvalue weighted by Crippen LogP contribution is 2.56. The maximum Gasteiger partial charge on any atom is 0.192 e. The van der Waals surface area contributed by atoms with Gasteiger partial charge in [0.15, 0.2) is 17.9 Å². The monoisotopic (exact) mass is 353 g/mol. The molecule has 3 aromatic rings. The minimum absolute atomic E-state index is 0. The third kappa shape index (κ3) is 2.12. The Morgan fingerprint density at radius 2 is 1.92 bits per heavy atom. The number of pyridine rings is 1. The Balaban J connectivity index is 0.00000157. The number of nitrogens with zero attached hydrogens (tertiary/aromatic N) is 1. The second-order valence-corrected chi connectivity index (χ2v) is 6.65. The van der Waals surface area contributed by atoms with Gasteiger partial charge in [-0.05, 0) is 18.6 Å². The van der Waals surface area contributed by atoms with Crippen molar-refractivity contribution in [2.75, 3.05) is 6.61 Å². The van der Waals surface area contributed by atoms with Crippen LogP contribution in [0.1, 0.15) is 47.7 Å². The van der Waals surface area contributed by atoms with Gasteiger partial charge in [-0.2, -0.15) is 4.57 Å². The number of aromatic nitrogens is 1. The van der Waals surface area contributed by atoms with Crippen molar-refractivity contribution in [2.45, 2.75) is 30.9 Å². The molecule has 128 valence electrons. The van der Waals surface area contributed by atoms with Gasteiger partial charge in [0.2, 0.25) is 0 Å². The Morgan fingerprint density at radius 3 is 2.68 bits per heavy atom. The zero-order chi connectivity index (χ0) is 16.1. The minimum atomic E-state index is -0.359. The van der Waals surface area contributed by atoms with E-state index in [4.69, 9.17) is 9.15 Å². The summed E-state index contributed by atoms with van der Waals surface area (Å²) >= 11 is 0. The van der Waals surface area contributed by atoms with Gasteiger partial charge in [0, 0.05) is 36.3 Å². The summed E-state index contributed by atoms with van der Waals surface area (Å²) in [5.74, 6) is 0.178. The van der Waals surface area contributed by atoms with E-state index < -0.39 is 0 Å². The third-order valence-corrected chi connectivity index (χ3v) is 5.60. The molecule has 6 rings (SSSR count). The quantitative estimate of drug-likeness (QED) is 0.655. The first kappa shape index (κ1) is 16.4. The van der Waals surface area contributed by atoms with Crippen molar-refractivity contribution in [3.05, 3.63) is 89.6 Å². The molecule has 3 unspecified atom stereocenters. The van der Waals surface area contributed by atoms with Gasteiger partial charge < -0.3 is 21.6 Å². The number of ether oxygens (including phenoxy) is 1. The smallest absolute Gasteiger partial charge is 0.192 e. The fourth-order valence-corrected chi connectivity index (χ4v) is 4.76. The summed E-state index contributed by atoms with van der Waals surface area (Å²) in [6.45, 7) is 2.76. The topological polar surface area (TPSA) is 26.2 Å². The van der Waals surface area contributed by atoms with Gasteiger partial charge in [-0.15, -0.1) is 0 Å². The molecule has 0 saturated heterocycles. The molecule has 1 aromatic carbocycles.